The van der Waals surface area contributed by atoms with Crippen molar-refractivity contribution in [3.63, 3.8) is 0 Å². The van der Waals surface area contributed by atoms with E-state index in [0.29, 0.717) is 17.2 Å². The Balaban J connectivity index is 1.77. The Bertz CT molecular complexity index is 1100. The number of rotatable bonds is 6. The number of aromatic carboxylic acids is 1. The van der Waals surface area contributed by atoms with Gasteiger partial charge in [0.15, 0.2) is 0 Å². The van der Waals surface area contributed by atoms with Gasteiger partial charge in [0.05, 0.1) is 23.4 Å². The van der Waals surface area contributed by atoms with Crippen LogP contribution in [0, 0.1) is 11.7 Å². The van der Waals surface area contributed by atoms with Crippen LogP contribution in [0.1, 0.15) is 22.8 Å². The van der Waals surface area contributed by atoms with Crippen LogP contribution in [-0.4, -0.2) is 24.1 Å². The molecule has 0 aliphatic heterocycles. The number of amides is 1. The highest BCUT2D eigenvalue weighted by Crippen LogP contribution is 2.33. The maximum absolute atomic E-state index is 13.3. The van der Waals surface area contributed by atoms with Crippen molar-refractivity contribution in [2.24, 2.45) is 5.92 Å². The van der Waals surface area contributed by atoms with E-state index < -0.39 is 17.7 Å². The number of fused-ring (bicyclic) bond motifs is 1. The zero-order chi connectivity index (χ0) is 21.1. The van der Waals surface area contributed by atoms with E-state index in [1.807, 2.05) is 24.3 Å². The third-order valence-electron chi connectivity index (χ3n) is 4.66. The molecule has 1 unspecified atom stereocenters. The molecule has 1 atom stereocenters. The van der Waals surface area contributed by atoms with E-state index in [9.17, 15) is 19.1 Å². The van der Waals surface area contributed by atoms with E-state index in [1.165, 1.54) is 6.07 Å². The van der Waals surface area contributed by atoms with Gasteiger partial charge in [-0.2, -0.15) is 0 Å². The third-order valence-corrected chi connectivity index (χ3v) is 5.05. The van der Waals surface area contributed by atoms with Crippen LogP contribution in [0.2, 0.25) is 5.02 Å². The van der Waals surface area contributed by atoms with Gasteiger partial charge in [-0.1, -0.05) is 42.8 Å². The third kappa shape index (κ3) is 4.49. The summed E-state index contributed by atoms with van der Waals surface area (Å²) in [7, 11) is 1.55. The molecule has 3 aromatic rings. The number of ether oxygens (including phenoxy) is 1. The molecule has 0 radical (unpaired) electrons. The minimum absolute atomic E-state index is 0.0631. The number of benzene rings is 3. The topological polar surface area (TPSA) is 75.6 Å². The lowest BCUT2D eigenvalue weighted by Crippen LogP contribution is -2.23. The summed E-state index contributed by atoms with van der Waals surface area (Å²) in [4.78, 5) is 23.8. The van der Waals surface area contributed by atoms with Crippen LogP contribution >= 0.6 is 11.6 Å². The fourth-order valence-corrected chi connectivity index (χ4v) is 3.42. The molecule has 29 heavy (non-hydrogen) atoms. The second kappa shape index (κ2) is 8.49. The summed E-state index contributed by atoms with van der Waals surface area (Å²) >= 11 is 6.33. The Kier molecular flexibility index (Phi) is 6.03. The minimum Gasteiger partial charge on any atom is -0.495 e. The number of carbonyl (C=O) groups excluding carboxylic acids is 1. The number of hydrogen-bond donors (Lipinski definition) is 2. The molecule has 0 aromatic heterocycles. The van der Waals surface area contributed by atoms with E-state index in [1.54, 1.807) is 20.1 Å². The summed E-state index contributed by atoms with van der Waals surface area (Å²) in [6, 6.07) is 12.6. The minimum atomic E-state index is -1.31. The molecule has 0 saturated heterocycles. The fraction of sp³-hybridized carbons (Fsp3) is 0.182. The number of carboxylic acid groups (broad SMARTS) is 1. The fourth-order valence-electron chi connectivity index (χ4n) is 3.11. The van der Waals surface area contributed by atoms with Gasteiger partial charge in [0, 0.05) is 11.3 Å². The average Bonchev–Trinajstić information content (AvgIpc) is 2.69. The van der Waals surface area contributed by atoms with E-state index >= 15 is 0 Å². The molecule has 0 saturated carbocycles. The number of carbonyl (C=O) groups is 2. The van der Waals surface area contributed by atoms with E-state index in [2.05, 4.69) is 5.32 Å². The van der Waals surface area contributed by atoms with Gasteiger partial charge in [0.1, 0.15) is 11.6 Å². The summed E-state index contributed by atoms with van der Waals surface area (Å²) in [5, 5.41) is 14.1. The van der Waals surface area contributed by atoms with Gasteiger partial charge in [-0.15, -0.1) is 0 Å². The zero-order valence-corrected chi connectivity index (χ0v) is 16.6. The molecule has 3 aromatic carbocycles. The highest BCUT2D eigenvalue weighted by Gasteiger charge is 2.18. The van der Waals surface area contributed by atoms with Crippen LogP contribution < -0.4 is 10.1 Å². The van der Waals surface area contributed by atoms with E-state index in [0.717, 1.165) is 28.5 Å². The molecule has 3 rings (SSSR count). The lowest BCUT2D eigenvalue weighted by atomic mass is 9.97. The average molecular weight is 416 g/mol. The van der Waals surface area contributed by atoms with Crippen LogP contribution in [-0.2, 0) is 11.2 Å². The van der Waals surface area contributed by atoms with Crippen LogP contribution in [0.3, 0.4) is 0 Å². The number of hydrogen-bond acceptors (Lipinski definition) is 3. The molecule has 7 heteroatoms. The molecule has 0 spiro atoms. The highest BCUT2D eigenvalue weighted by molar-refractivity contribution is 6.37. The van der Waals surface area contributed by atoms with Crippen molar-refractivity contribution in [2.75, 3.05) is 12.4 Å². The predicted octanol–water partition coefficient (Wildman–Crippen LogP) is 5.16. The van der Waals surface area contributed by atoms with Crippen molar-refractivity contribution in [1.29, 1.82) is 0 Å². The molecule has 150 valence electrons. The Morgan fingerprint density at radius 2 is 1.93 bits per heavy atom. The number of methoxy groups -OCH3 is 1. The number of halogens is 2. The lowest BCUT2D eigenvalue weighted by molar-refractivity contribution is -0.119. The highest BCUT2D eigenvalue weighted by atomic mass is 35.5. The molecular formula is C22H19ClFNO4. The summed E-state index contributed by atoms with van der Waals surface area (Å²) in [5.41, 5.74) is 0.701. The van der Waals surface area contributed by atoms with Crippen LogP contribution in [0.5, 0.6) is 5.75 Å². The first-order chi connectivity index (χ1) is 13.8. The van der Waals surface area contributed by atoms with Crippen molar-refractivity contribution < 1.29 is 23.8 Å². The Morgan fingerprint density at radius 1 is 1.17 bits per heavy atom. The summed E-state index contributed by atoms with van der Waals surface area (Å²) in [6.07, 6.45) is 0.440. The second-order valence-corrected chi connectivity index (χ2v) is 7.10. The van der Waals surface area contributed by atoms with Crippen molar-refractivity contribution in [3.8, 4) is 5.75 Å². The van der Waals surface area contributed by atoms with Crippen molar-refractivity contribution in [1.82, 2.24) is 0 Å². The van der Waals surface area contributed by atoms with Crippen molar-refractivity contribution in [2.45, 2.75) is 13.3 Å². The van der Waals surface area contributed by atoms with Gasteiger partial charge < -0.3 is 15.2 Å². The zero-order valence-electron chi connectivity index (χ0n) is 15.8. The first kappa shape index (κ1) is 20.6. The molecule has 1 amide bonds. The summed E-state index contributed by atoms with van der Waals surface area (Å²) in [6.45, 7) is 1.74. The molecule has 2 N–H and O–H groups in total. The number of nitrogens with one attached hydrogen (secondary N) is 1. The molecule has 0 aliphatic rings. The SMILES string of the molecule is COc1ccc2cc(CC(C)C(=O)Nc3ccc(F)cc3C(=O)O)ccc2c1Cl. The van der Waals surface area contributed by atoms with Crippen LogP contribution in [0.15, 0.2) is 48.5 Å². The summed E-state index contributed by atoms with van der Waals surface area (Å²) < 4.78 is 18.5. The molecular weight excluding hydrogens is 397 g/mol. The van der Waals surface area contributed by atoms with Crippen molar-refractivity contribution in [3.05, 3.63) is 70.5 Å². The number of anilines is 1. The second-order valence-electron chi connectivity index (χ2n) is 6.73. The quantitative estimate of drug-likeness (QED) is 0.583. The maximum atomic E-state index is 13.3. The van der Waals surface area contributed by atoms with Crippen LogP contribution in [0.4, 0.5) is 10.1 Å². The van der Waals surface area contributed by atoms with Gasteiger partial charge in [-0.25, -0.2) is 9.18 Å². The molecule has 0 heterocycles. The monoisotopic (exact) mass is 415 g/mol. The molecule has 0 fully saturated rings. The smallest absolute Gasteiger partial charge is 0.337 e. The summed E-state index contributed by atoms with van der Waals surface area (Å²) in [5.74, 6) is -2.19. The number of carboxylic acids is 1. The Labute approximate surface area is 172 Å². The largest absolute Gasteiger partial charge is 0.495 e. The van der Waals surface area contributed by atoms with Gasteiger partial charge in [0.2, 0.25) is 5.91 Å². The van der Waals surface area contributed by atoms with Crippen molar-refractivity contribution >= 4 is 39.9 Å². The van der Waals surface area contributed by atoms with Gasteiger partial charge in [-0.3, -0.25) is 4.79 Å². The molecule has 0 aliphatic carbocycles. The standard InChI is InChI=1S/C22H19ClFNO4/c1-12(21(26)25-18-7-5-15(24)11-17(18)22(27)28)9-13-3-6-16-14(10-13)4-8-19(29-2)20(16)23/h3-8,10-12H,9H2,1-2H3,(H,25,26)(H,27,28). The van der Waals surface area contributed by atoms with Gasteiger partial charge in [-0.05, 0) is 41.6 Å². The maximum Gasteiger partial charge on any atom is 0.337 e. The van der Waals surface area contributed by atoms with Crippen LogP contribution in [0.25, 0.3) is 10.8 Å². The van der Waals surface area contributed by atoms with Gasteiger partial charge >= 0.3 is 5.97 Å². The predicted molar refractivity (Wildman–Crippen MR) is 110 cm³/mol. The van der Waals surface area contributed by atoms with E-state index in [-0.39, 0.29) is 17.2 Å². The first-order valence-corrected chi connectivity index (χ1v) is 9.26. The Morgan fingerprint density at radius 3 is 2.62 bits per heavy atom. The molecule has 5 nitrogen and oxygen atoms in total. The first-order valence-electron chi connectivity index (χ1n) is 8.89. The molecule has 0 bridgehead atoms. The van der Waals surface area contributed by atoms with E-state index in [4.69, 9.17) is 16.3 Å². The Hall–Kier alpha value is -3.12. The van der Waals surface area contributed by atoms with Gasteiger partial charge in [0.25, 0.3) is 0 Å². The lowest BCUT2D eigenvalue weighted by Gasteiger charge is -2.15. The normalized spacial score (nSPS) is 11.9.